The van der Waals surface area contributed by atoms with Gasteiger partial charge in [0.25, 0.3) is 5.91 Å². The normalized spacial score (nSPS) is 14.1. The standard InChI is InChI=1S/C23H24ClN3O3/c1-15(29-20-9-5-7-16-6-3-4-8-19(16)20)23(28)27(2)14-21-25-22(26-30-21)17-10-12-18(24)13-11-17/h5,7,9-13,15H,3-4,6,8,14H2,1-2H3/t15-/m0/s1. The molecule has 156 valence electrons. The number of rotatable bonds is 6. The van der Waals surface area contributed by atoms with Crippen LogP contribution in [0, 0.1) is 0 Å². The highest BCUT2D eigenvalue weighted by Crippen LogP contribution is 2.30. The number of aromatic nitrogens is 2. The average Bonchev–Trinajstić information content (AvgIpc) is 3.22. The number of carbonyl (C=O) groups is 1. The molecule has 0 saturated carbocycles. The van der Waals surface area contributed by atoms with Gasteiger partial charge in [0.1, 0.15) is 5.75 Å². The molecular weight excluding hydrogens is 402 g/mol. The van der Waals surface area contributed by atoms with Crippen molar-refractivity contribution in [2.75, 3.05) is 7.05 Å². The highest BCUT2D eigenvalue weighted by molar-refractivity contribution is 6.30. The lowest BCUT2D eigenvalue weighted by molar-refractivity contribution is -0.137. The molecule has 0 fully saturated rings. The van der Waals surface area contributed by atoms with E-state index in [2.05, 4.69) is 16.2 Å². The summed E-state index contributed by atoms with van der Waals surface area (Å²) >= 11 is 5.91. The molecule has 1 aromatic heterocycles. The fourth-order valence-electron chi connectivity index (χ4n) is 3.72. The molecule has 30 heavy (non-hydrogen) atoms. The van der Waals surface area contributed by atoms with Crippen molar-refractivity contribution in [2.24, 2.45) is 0 Å². The number of halogens is 1. The summed E-state index contributed by atoms with van der Waals surface area (Å²) < 4.78 is 11.4. The fraction of sp³-hybridized carbons (Fsp3) is 0.348. The predicted octanol–water partition coefficient (Wildman–Crippen LogP) is 4.69. The van der Waals surface area contributed by atoms with Crippen molar-refractivity contribution < 1.29 is 14.1 Å². The summed E-state index contributed by atoms with van der Waals surface area (Å²) in [4.78, 5) is 18.7. The van der Waals surface area contributed by atoms with Gasteiger partial charge in [-0.25, -0.2) is 0 Å². The van der Waals surface area contributed by atoms with Gasteiger partial charge in [-0.1, -0.05) is 28.9 Å². The van der Waals surface area contributed by atoms with Crippen molar-refractivity contribution in [1.29, 1.82) is 0 Å². The van der Waals surface area contributed by atoms with Crippen LogP contribution in [-0.2, 0) is 24.2 Å². The smallest absolute Gasteiger partial charge is 0.263 e. The van der Waals surface area contributed by atoms with E-state index in [1.54, 1.807) is 31.0 Å². The average molecular weight is 426 g/mol. The van der Waals surface area contributed by atoms with Crippen LogP contribution in [0.1, 0.15) is 36.8 Å². The van der Waals surface area contributed by atoms with Crippen LogP contribution in [0.15, 0.2) is 47.0 Å². The molecule has 1 aliphatic carbocycles. The zero-order chi connectivity index (χ0) is 21.1. The first kappa shape index (κ1) is 20.4. The quantitative estimate of drug-likeness (QED) is 0.572. The van der Waals surface area contributed by atoms with Gasteiger partial charge in [0.15, 0.2) is 6.10 Å². The number of fused-ring (bicyclic) bond motifs is 1. The number of hydrogen-bond acceptors (Lipinski definition) is 5. The molecule has 0 saturated heterocycles. The third kappa shape index (κ3) is 4.49. The molecule has 1 amide bonds. The summed E-state index contributed by atoms with van der Waals surface area (Å²) in [6, 6.07) is 13.3. The summed E-state index contributed by atoms with van der Waals surface area (Å²) in [5.41, 5.74) is 3.36. The first-order valence-corrected chi connectivity index (χ1v) is 10.5. The lowest BCUT2D eigenvalue weighted by Crippen LogP contribution is -2.37. The zero-order valence-corrected chi connectivity index (χ0v) is 17.9. The van der Waals surface area contributed by atoms with Crippen LogP contribution >= 0.6 is 11.6 Å². The number of aryl methyl sites for hydroxylation is 1. The van der Waals surface area contributed by atoms with Gasteiger partial charge >= 0.3 is 0 Å². The molecule has 3 aromatic rings. The monoisotopic (exact) mass is 425 g/mol. The molecule has 0 N–H and O–H groups in total. The molecule has 0 bridgehead atoms. The van der Waals surface area contributed by atoms with Crippen LogP contribution < -0.4 is 4.74 Å². The van der Waals surface area contributed by atoms with Crippen molar-refractivity contribution in [3.05, 3.63) is 64.5 Å². The Labute approximate surface area is 180 Å². The maximum atomic E-state index is 12.8. The fourth-order valence-corrected chi connectivity index (χ4v) is 3.85. The minimum absolute atomic E-state index is 0.144. The van der Waals surface area contributed by atoms with Gasteiger partial charge in [0, 0.05) is 17.6 Å². The summed E-state index contributed by atoms with van der Waals surface area (Å²) in [5.74, 6) is 1.49. The van der Waals surface area contributed by atoms with E-state index in [0.29, 0.717) is 16.7 Å². The van der Waals surface area contributed by atoms with Crippen LogP contribution in [0.2, 0.25) is 5.02 Å². The summed E-state index contributed by atoms with van der Waals surface area (Å²) in [7, 11) is 1.70. The van der Waals surface area contributed by atoms with Gasteiger partial charge in [-0.15, -0.1) is 0 Å². The SMILES string of the molecule is C[C@H](Oc1cccc2c1CCCC2)C(=O)N(C)Cc1nc(-c2ccc(Cl)cc2)no1. The minimum atomic E-state index is -0.609. The van der Waals surface area contributed by atoms with Gasteiger partial charge in [0.05, 0.1) is 6.54 Å². The minimum Gasteiger partial charge on any atom is -0.481 e. The van der Waals surface area contributed by atoms with Crippen LogP contribution in [0.4, 0.5) is 0 Å². The van der Waals surface area contributed by atoms with E-state index in [0.717, 1.165) is 30.6 Å². The Hall–Kier alpha value is -2.86. The van der Waals surface area contributed by atoms with E-state index in [1.807, 2.05) is 24.3 Å². The topological polar surface area (TPSA) is 68.5 Å². The van der Waals surface area contributed by atoms with Gasteiger partial charge in [0.2, 0.25) is 11.7 Å². The third-order valence-corrected chi connectivity index (χ3v) is 5.58. The van der Waals surface area contributed by atoms with Gasteiger partial charge in [-0.2, -0.15) is 4.98 Å². The predicted molar refractivity (Wildman–Crippen MR) is 114 cm³/mol. The summed E-state index contributed by atoms with van der Waals surface area (Å²) in [6.07, 6.45) is 3.82. The van der Waals surface area contributed by atoms with Gasteiger partial charge in [-0.05, 0) is 74.1 Å². The van der Waals surface area contributed by atoms with Crippen LogP contribution in [0.5, 0.6) is 5.75 Å². The lowest BCUT2D eigenvalue weighted by Gasteiger charge is -2.24. The second-order valence-corrected chi connectivity index (χ2v) is 8.01. The number of benzene rings is 2. The Bertz CT molecular complexity index is 1030. The Balaban J connectivity index is 1.40. The number of nitrogens with zero attached hydrogens (tertiary/aromatic N) is 3. The maximum Gasteiger partial charge on any atom is 0.263 e. The molecule has 7 heteroatoms. The Morgan fingerprint density at radius 3 is 2.77 bits per heavy atom. The number of hydrogen-bond donors (Lipinski definition) is 0. The van der Waals surface area contributed by atoms with E-state index in [1.165, 1.54) is 17.5 Å². The molecule has 0 spiro atoms. The third-order valence-electron chi connectivity index (χ3n) is 5.32. The largest absolute Gasteiger partial charge is 0.481 e. The Morgan fingerprint density at radius 1 is 1.20 bits per heavy atom. The van der Waals surface area contributed by atoms with Crippen LogP contribution in [-0.4, -0.2) is 34.1 Å². The maximum absolute atomic E-state index is 12.8. The van der Waals surface area contributed by atoms with E-state index < -0.39 is 6.10 Å². The Kier molecular flexibility index (Phi) is 6.04. The number of carbonyl (C=O) groups excluding carboxylic acids is 1. The van der Waals surface area contributed by atoms with E-state index in [9.17, 15) is 4.79 Å². The first-order chi connectivity index (χ1) is 14.5. The van der Waals surface area contributed by atoms with Crippen LogP contribution in [0.3, 0.4) is 0 Å². The number of amides is 1. The number of ether oxygens (including phenoxy) is 1. The van der Waals surface area contributed by atoms with Crippen molar-refractivity contribution in [1.82, 2.24) is 15.0 Å². The van der Waals surface area contributed by atoms with E-state index >= 15 is 0 Å². The molecule has 0 aliphatic heterocycles. The van der Waals surface area contributed by atoms with Gasteiger partial charge < -0.3 is 14.2 Å². The molecule has 0 unspecified atom stereocenters. The van der Waals surface area contributed by atoms with Crippen molar-refractivity contribution >= 4 is 17.5 Å². The van der Waals surface area contributed by atoms with Crippen molar-refractivity contribution in [2.45, 2.75) is 45.3 Å². The number of likely N-dealkylation sites (N-methyl/N-ethyl adjacent to an activating group) is 1. The van der Waals surface area contributed by atoms with Gasteiger partial charge in [-0.3, -0.25) is 4.79 Å². The van der Waals surface area contributed by atoms with Crippen molar-refractivity contribution in [3.63, 3.8) is 0 Å². The van der Waals surface area contributed by atoms with Crippen LogP contribution in [0.25, 0.3) is 11.4 Å². The molecular formula is C23H24ClN3O3. The molecule has 4 rings (SSSR count). The highest BCUT2D eigenvalue weighted by Gasteiger charge is 2.23. The summed E-state index contributed by atoms with van der Waals surface area (Å²) in [5, 5.41) is 4.63. The van der Waals surface area contributed by atoms with E-state index in [4.69, 9.17) is 20.9 Å². The molecule has 2 aromatic carbocycles. The second kappa shape index (κ2) is 8.88. The molecule has 1 atom stereocenters. The van der Waals surface area contributed by atoms with Crippen molar-refractivity contribution in [3.8, 4) is 17.1 Å². The highest BCUT2D eigenvalue weighted by atomic mass is 35.5. The Morgan fingerprint density at radius 2 is 1.97 bits per heavy atom. The first-order valence-electron chi connectivity index (χ1n) is 10.1. The van der Waals surface area contributed by atoms with E-state index in [-0.39, 0.29) is 12.5 Å². The summed E-state index contributed by atoms with van der Waals surface area (Å²) in [6.45, 7) is 1.98. The molecule has 1 heterocycles. The molecule has 1 aliphatic rings. The molecule has 6 nitrogen and oxygen atoms in total. The lowest BCUT2D eigenvalue weighted by atomic mass is 9.91. The second-order valence-electron chi connectivity index (χ2n) is 7.57. The zero-order valence-electron chi connectivity index (χ0n) is 17.1. The molecule has 0 radical (unpaired) electrons.